The van der Waals surface area contributed by atoms with Crippen LogP contribution in [0.1, 0.15) is 30.1 Å². The molecule has 2 aromatic rings. The van der Waals surface area contributed by atoms with Crippen LogP contribution in [-0.4, -0.2) is 41.7 Å². The predicted molar refractivity (Wildman–Crippen MR) is 89.8 cm³/mol. The summed E-state index contributed by atoms with van der Waals surface area (Å²) in [5, 5.41) is 1.41. The third kappa shape index (κ3) is 3.01. The standard InChI is InChI=1S/C18H22N2O3/c1-3-19-9-4-5-15(19)12-20-10-8-13-6-7-14(18(22)23-2)11-16(13)17(20)21/h6-8,10-11,15H,3-5,9,12H2,1-2H3. The van der Waals surface area contributed by atoms with Crippen molar-refractivity contribution in [3.8, 4) is 0 Å². The van der Waals surface area contributed by atoms with Crippen molar-refractivity contribution in [2.75, 3.05) is 20.2 Å². The second-order valence-corrected chi connectivity index (χ2v) is 5.99. The van der Waals surface area contributed by atoms with E-state index >= 15 is 0 Å². The molecule has 0 bridgehead atoms. The number of nitrogens with zero attached hydrogens (tertiary/aromatic N) is 2. The summed E-state index contributed by atoms with van der Waals surface area (Å²) in [5.74, 6) is -0.422. The van der Waals surface area contributed by atoms with Gasteiger partial charge in [-0.3, -0.25) is 9.69 Å². The van der Waals surface area contributed by atoms with Crippen LogP contribution in [0, 0.1) is 0 Å². The molecule has 23 heavy (non-hydrogen) atoms. The maximum Gasteiger partial charge on any atom is 0.337 e. The number of fused-ring (bicyclic) bond motifs is 1. The molecule has 3 rings (SSSR count). The minimum Gasteiger partial charge on any atom is -0.465 e. The molecule has 5 nitrogen and oxygen atoms in total. The van der Waals surface area contributed by atoms with E-state index in [1.54, 1.807) is 22.8 Å². The molecule has 1 aliphatic rings. The van der Waals surface area contributed by atoms with E-state index in [1.807, 2.05) is 12.3 Å². The Bertz CT molecular complexity index is 781. The smallest absolute Gasteiger partial charge is 0.337 e. The zero-order valence-corrected chi connectivity index (χ0v) is 13.6. The van der Waals surface area contributed by atoms with Crippen molar-refractivity contribution in [3.63, 3.8) is 0 Å². The minimum atomic E-state index is -0.422. The summed E-state index contributed by atoms with van der Waals surface area (Å²) in [7, 11) is 1.34. The monoisotopic (exact) mass is 314 g/mol. The molecule has 1 aromatic heterocycles. The van der Waals surface area contributed by atoms with Gasteiger partial charge in [0.2, 0.25) is 0 Å². The Morgan fingerprint density at radius 2 is 2.17 bits per heavy atom. The van der Waals surface area contributed by atoms with E-state index in [9.17, 15) is 9.59 Å². The Kier molecular flexibility index (Phi) is 4.48. The van der Waals surface area contributed by atoms with Crippen LogP contribution in [0.2, 0.25) is 0 Å². The maximum atomic E-state index is 12.8. The van der Waals surface area contributed by atoms with Gasteiger partial charge in [0.05, 0.1) is 12.7 Å². The molecule has 5 heteroatoms. The summed E-state index contributed by atoms with van der Waals surface area (Å²) in [6, 6.07) is 7.46. The lowest BCUT2D eigenvalue weighted by Crippen LogP contribution is -2.35. The number of hydrogen-bond donors (Lipinski definition) is 0. The van der Waals surface area contributed by atoms with Crippen LogP contribution in [0.5, 0.6) is 0 Å². The third-order valence-electron chi connectivity index (χ3n) is 4.71. The molecule has 0 saturated carbocycles. The Balaban J connectivity index is 1.97. The molecule has 0 radical (unpaired) electrons. The first-order valence-corrected chi connectivity index (χ1v) is 8.09. The van der Waals surface area contributed by atoms with Gasteiger partial charge in [0.15, 0.2) is 0 Å². The van der Waals surface area contributed by atoms with Crippen LogP contribution in [-0.2, 0) is 11.3 Å². The first-order valence-electron chi connectivity index (χ1n) is 8.09. The van der Waals surface area contributed by atoms with E-state index in [2.05, 4.69) is 11.8 Å². The predicted octanol–water partition coefficient (Wildman–Crippen LogP) is 2.27. The number of rotatable bonds is 4. The lowest BCUT2D eigenvalue weighted by atomic mass is 10.1. The topological polar surface area (TPSA) is 51.5 Å². The first kappa shape index (κ1) is 15.7. The van der Waals surface area contributed by atoms with Gasteiger partial charge in [0, 0.05) is 24.2 Å². The number of carbonyl (C=O) groups is 1. The van der Waals surface area contributed by atoms with Gasteiger partial charge in [-0.05, 0) is 49.5 Å². The summed E-state index contributed by atoms with van der Waals surface area (Å²) in [4.78, 5) is 26.9. The lowest BCUT2D eigenvalue weighted by molar-refractivity contribution is 0.0601. The molecule has 1 unspecified atom stereocenters. The number of carbonyl (C=O) groups excluding carboxylic acids is 1. The van der Waals surface area contributed by atoms with Crippen molar-refractivity contribution in [1.29, 1.82) is 0 Å². The average Bonchev–Trinajstić information content (AvgIpc) is 3.03. The molecule has 0 N–H and O–H groups in total. The highest BCUT2D eigenvalue weighted by Gasteiger charge is 2.23. The van der Waals surface area contributed by atoms with Gasteiger partial charge in [-0.25, -0.2) is 4.79 Å². The summed E-state index contributed by atoms with van der Waals surface area (Å²) in [6.07, 6.45) is 4.17. The Morgan fingerprint density at radius 3 is 2.91 bits per heavy atom. The molecule has 1 saturated heterocycles. The molecule has 2 heterocycles. The molecule has 1 aromatic carbocycles. The van der Waals surface area contributed by atoms with Gasteiger partial charge in [-0.1, -0.05) is 13.0 Å². The molecule has 0 aliphatic carbocycles. The summed E-state index contributed by atoms with van der Waals surface area (Å²) >= 11 is 0. The number of benzene rings is 1. The number of esters is 1. The van der Waals surface area contributed by atoms with Gasteiger partial charge in [0.1, 0.15) is 0 Å². The summed E-state index contributed by atoms with van der Waals surface area (Å²) in [5.41, 5.74) is 0.363. The number of methoxy groups -OCH3 is 1. The van der Waals surface area contributed by atoms with Crippen molar-refractivity contribution >= 4 is 16.7 Å². The van der Waals surface area contributed by atoms with Gasteiger partial charge in [-0.15, -0.1) is 0 Å². The lowest BCUT2D eigenvalue weighted by Gasteiger charge is -2.23. The maximum absolute atomic E-state index is 12.8. The fraction of sp³-hybridized carbons (Fsp3) is 0.444. The van der Waals surface area contributed by atoms with Crippen molar-refractivity contribution in [2.24, 2.45) is 0 Å². The number of aromatic nitrogens is 1. The number of pyridine rings is 1. The molecular formula is C18H22N2O3. The number of likely N-dealkylation sites (N-methyl/N-ethyl adjacent to an activating group) is 1. The zero-order chi connectivity index (χ0) is 16.4. The molecule has 122 valence electrons. The van der Waals surface area contributed by atoms with Gasteiger partial charge in [0.25, 0.3) is 5.56 Å². The van der Waals surface area contributed by atoms with Crippen LogP contribution >= 0.6 is 0 Å². The summed E-state index contributed by atoms with van der Waals surface area (Å²) in [6.45, 7) is 4.98. The number of ether oxygens (including phenoxy) is 1. The van der Waals surface area contributed by atoms with Gasteiger partial charge >= 0.3 is 5.97 Å². The van der Waals surface area contributed by atoms with Gasteiger partial charge in [-0.2, -0.15) is 0 Å². The van der Waals surface area contributed by atoms with Crippen molar-refractivity contribution in [1.82, 2.24) is 9.47 Å². The number of hydrogen-bond acceptors (Lipinski definition) is 4. The van der Waals surface area contributed by atoms with E-state index in [-0.39, 0.29) is 5.56 Å². The molecular weight excluding hydrogens is 292 g/mol. The first-order chi connectivity index (χ1) is 11.1. The van der Waals surface area contributed by atoms with Crippen LogP contribution in [0.4, 0.5) is 0 Å². The number of likely N-dealkylation sites (tertiary alicyclic amines) is 1. The second kappa shape index (κ2) is 6.54. The largest absolute Gasteiger partial charge is 0.465 e. The second-order valence-electron chi connectivity index (χ2n) is 5.99. The van der Waals surface area contributed by atoms with E-state index < -0.39 is 5.97 Å². The van der Waals surface area contributed by atoms with Crippen molar-refractivity contribution in [3.05, 3.63) is 46.4 Å². The summed E-state index contributed by atoms with van der Waals surface area (Å²) < 4.78 is 6.50. The molecule has 1 atom stereocenters. The highest BCUT2D eigenvalue weighted by Crippen LogP contribution is 2.19. The highest BCUT2D eigenvalue weighted by molar-refractivity contribution is 5.95. The van der Waals surface area contributed by atoms with Gasteiger partial charge < -0.3 is 9.30 Å². The molecule has 1 aliphatic heterocycles. The van der Waals surface area contributed by atoms with Crippen LogP contribution in [0.3, 0.4) is 0 Å². The molecule has 0 spiro atoms. The van der Waals surface area contributed by atoms with E-state index in [0.717, 1.165) is 24.9 Å². The normalized spacial score (nSPS) is 18.4. The van der Waals surface area contributed by atoms with Crippen molar-refractivity contribution < 1.29 is 9.53 Å². The quantitative estimate of drug-likeness (QED) is 0.813. The minimum absolute atomic E-state index is 0.0452. The fourth-order valence-electron chi connectivity index (χ4n) is 3.41. The zero-order valence-electron chi connectivity index (χ0n) is 13.6. The van der Waals surface area contributed by atoms with E-state index in [1.165, 1.54) is 13.5 Å². The third-order valence-corrected chi connectivity index (χ3v) is 4.71. The van der Waals surface area contributed by atoms with E-state index in [4.69, 9.17) is 4.74 Å². The Labute approximate surface area is 135 Å². The Hall–Kier alpha value is -2.14. The van der Waals surface area contributed by atoms with Crippen LogP contribution < -0.4 is 5.56 Å². The Morgan fingerprint density at radius 1 is 1.35 bits per heavy atom. The molecule has 0 amide bonds. The van der Waals surface area contributed by atoms with E-state index in [0.29, 0.717) is 23.5 Å². The highest BCUT2D eigenvalue weighted by atomic mass is 16.5. The van der Waals surface area contributed by atoms with Crippen molar-refractivity contribution in [2.45, 2.75) is 32.4 Å². The molecule has 1 fully saturated rings. The van der Waals surface area contributed by atoms with Crippen LogP contribution in [0.15, 0.2) is 35.3 Å². The SMILES string of the molecule is CCN1CCCC1Cn1ccc2ccc(C(=O)OC)cc2c1=O. The fourth-order valence-corrected chi connectivity index (χ4v) is 3.41. The average molecular weight is 314 g/mol. The van der Waals surface area contributed by atoms with Crippen LogP contribution in [0.25, 0.3) is 10.8 Å².